The van der Waals surface area contributed by atoms with E-state index in [0.29, 0.717) is 6.04 Å². The average molecular weight is 423 g/mol. The molecule has 1 N–H and O–H groups in total. The standard InChI is InChI=1S/C27H23FN4/c28-23-9-7-19(8-10-23)26-31-25-16-22(21-6-5-18-3-1-2-4-20(18)15-21)17-30-27(25)32(26)24-11-13-29-14-12-24/h1-10,15-17,24,29H,11-14H2. The Kier molecular flexibility index (Phi) is 4.69. The molecule has 32 heavy (non-hydrogen) atoms. The molecule has 158 valence electrons. The molecule has 5 heteroatoms. The lowest BCUT2D eigenvalue weighted by molar-refractivity contribution is 0.376. The van der Waals surface area contributed by atoms with Crippen molar-refractivity contribution in [3.8, 4) is 22.5 Å². The smallest absolute Gasteiger partial charge is 0.160 e. The topological polar surface area (TPSA) is 42.7 Å². The van der Waals surface area contributed by atoms with E-state index in [0.717, 1.165) is 59.6 Å². The van der Waals surface area contributed by atoms with E-state index in [9.17, 15) is 4.39 Å². The lowest BCUT2D eigenvalue weighted by atomic mass is 10.0. The van der Waals surface area contributed by atoms with E-state index in [2.05, 4.69) is 58.4 Å². The highest BCUT2D eigenvalue weighted by Gasteiger charge is 2.23. The molecule has 1 aliphatic heterocycles. The number of nitrogens with one attached hydrogen (secondary N) is 1. The number of piperidine rings is 1. The van der Waals surface area contributed by atoms with E-state index in [1.165, 1.54) is 22.9 Å². The quantitative estimate of drug-likeness (QED) is 0.389. The van der Waals surface area contributed by atoms with Gasteiger partial charge in [-0.2, -0.15) is 0 Å². The van der Waals surface area contributed by atoms with Crippen LogP contribution < -0.4 is 5.32 Å². The van der Waals surface area contributed by atoms with Gasteiger partial charge in [0.05, 0.1) is 0 Å². The predicted octanol–water partition coefficient (Wildman–Crippen LogP) is 5.98. The first kappa shape index (κ1) is 19.1. The molecule has 0 radical (unpaired) electrons. The van der Waals surface area contributed by atoms with Crippen LogP contribution in [0.25, 0.3) is 44.5 Å². The SMILES string of the molecule is Fc1ccc(-c2nc3cc(-c4ccc5ccccc5c4)cnc3n2C2CCNCC2)cc1. The van der Waals surface area contributed by atoms with Crippen LogP contribution in [-0.4, -0.2) is 27.6 Å². The molecule has 3 heterocycles. The van der Waals surface area contributed by atoms with Gasteiger partial charge in [0, 0.05) is 23.4 Å². The van der Waals surface area contributed by atoms with Gasteiger partial charge in [-0.1, -0.05) is 36.4 Å². The third kappa shape index (κ3) is 3.35. The summed E-state index contributed by atoms with van der Waals surface area (Å²) in [6.45, 7) is 1.95. The van der Waals surface area contributed by atoms with E-state index < -0.39 is 0 Å². The maximum absolute atomic E-state index is 13.6. The highest BCUT2D eigenvalue weighted by molar-refractivity contribution is 5.89. The molecule has 1 saturated heterocycles. The lowest BCUT2D eigenvalue weighted by Crippen LogP contribution is -2.29. The molecule has 3 aromatic carbocycles. The first-order valence-corrected chi connectivity index (χ1v) is 11.1. The fourth-order valence-corrected chi connectivity index (χ4v) is 4.72. The molecule has 2 aromatic heterocycles. The number of fused-ring (bicyclic) bond motifs is 2. The van der Waals surface area contributed by atoms with Crippen LogP contribution in [0.5, 0.6) is 0 Å². The summed E-state index contributed by atoms with van der Waals surface area (Å²) in [7, 11) is 0. The summed E-state index contributed by atoms with van der Waals surface area (Å²) in [5, 5.41) is 5.86. The number of imidazole rings is 1. The van der Waals surface area contributed by atoms with Gasteiger partial charge in [-0.15, -0.1) is 0 Å². The molecular weight excluding hydrogens is 399 g/mol. The van der Waals surface area contributed by atoms with E-state index >= 15 is 0 Å². The first-order valence-electron chi connectivity index (χ1n) is 11.1. The van der Waals surface area contributed by atoms with Crippen LogP contribution >= 0.6 is 0 Å². The number of pyridine rings is 1. The highest BCUT2D eigenvalue weighted by Crippen LogP contribution is 2.33. The van der Waals surface area contributed by atoms with Crippen molar-refractivity contribution in [1.82, 2.24) is 19.9 Å². The zero-order valence-corrected chi connectivity index (χ0v) is 17.6. The number of rotatable bonds is 3. The number of hydrogen-bond acceptors (Lipinski definition) is 3. The van der Waals surface area contributed by atoms with E-state index in [1.54, 1.807) is 12.1 Å². The minimum atomic E-state index is -0.241. The molecule has 0 spiro atoms. The molecule has 0 amide bonds. The van der Waals surface area contributed by atoms with Crippen LogP contribution in [0.15, 0.2) is 79.0 Å². The minimum absolute atomic E-state index is 0.241. The van der Waals surface area contributed by atoms with Crippen molar-refractivity contribution in [3.05, 3.63) is 84.8 Å². The second kappa shape index (κ2) is 7.84. The Bertz CT molecular complexity index is 1420. The number of benzene rings is 3. The summed E-state index contributed by atoms with van der Waals surface area (Å²) >= 11 is 0. The number of aromatic nitrogens is 3. The van der Waals surface area contributed by atoms with Crippen molar-refractivity contribution in [2.75, 3.05) is 13.1 Å². The maximum Gasteiger partial charge on any atom is 0.160 e. The van der Waals surface area contributed by atoms with Crippen molar-refractivity contribution in [2.24, 2.45) is 0 Å². The summed E-state index contributed by atoms with van der Waals surface area (Å²) in [6, 6.07) is 23.9. The Morgan fingerprint density at radius 2 is 1.56 bits per heavy atom. The van der Waals surface area contributed by atoms with Gasteiger partial charge >= 0.3 is 0 Å². The fraction of sp³-hybridized carbons (Fsp3) is 0.185. The molecule has 0 unspecified atom stereocenters. The molecule has 6 rings (SSSR count). The maximum atomic E-state index is 13.6. The Morgan fingerprint density at radius 1 is 0.812 bits per heavy atom. The summed E-state index contributed by atoms with van der Waals surface area (Å²) in [6.07, 6.45) is 3.99. The third-order valence-electron chi connectivity index (χ3n) is 6.39. The van der Waals surface area contributed by atoms with E-state index in [4.69, 9.17) is 9.97 Å². The molecule has 1 fully saturated rings. The lowest BCUT2D eigenvalue weighted by Gasteiger charge is -2.26. The van der Waals surface area contributed by atoms with Crippen molar-refractivity contribution < 1.29 is 4.39 Å². The van der Waals surface area contributed by atoms with Gasteiger partial charge in [-0.25, -0.2) is 14.4 Å². The second-order valence-electron chi connectivity index (χ2n) is 8.42. The number of nitrogens with zero attached hydrogens (tertiary/aromatic N) is 3. The van der Waals surface area contributed by atoms with Gasteiger partial charge in [0.15, 0.2) is 5.65 Å². The third-order valence-corrected chi connectivity index (χ3v) is 6.39. The monoisotopic (exact) mass is 422 g/mol. The summed E-state index contributed by atoms with van der Waals surface area (Å²) in [5.74, 6) is 0.616. The van der Waals surface area contributed by atoms with Crippen molar-refractivity contribution in [3.63, 3.8) is 0 Å². The molecule has 0 aliphatic carbocycles. The molecule has 5 aromatic rings. The van der Waals surface area contributed by atoms with E-state index in [-0.39, 0.29) is 5.82 Å². The Balaban J connectivity index is 1.51. The van der Waals surface area contributed by atoms with Crippen LogP contribution in [0.2, 0.25) is 0 Å². The average Bonchev–Trinajstić information content (AvgIpc) is 3.23. The first-order chi connectivity index (χ1) is 15.8. The van der Waals surface area contributed by atoms with Gasteiger partial charge in [0.2, 0.25) is 0 Å². The number of halogens is 1. The Hall–Kier alpha value is -3.57. The zero-order valence-electron chi connectivity index (χ0n) is 17.6. The largest absolute Gasteiger partial charge is 0.317 e. The van der Waals surface area contributed by atoms with Gasteiger partial charge in [0.25, 0.3) is 0 Å². The fourth-order valence-electron chi connectivity index (χ4n) is 4.72. The normalized spacial score (nSPS) is 14.9. The highest BCUT2D eigenvalue weighted by atomic mass is 19.1. The van der Waals surface area contributed by atoms with Crippen LogP contribution in [-0.2, 0) is 0 Å². The van der Waals surface area contributed by atoms with Crippen LogP contribution in [0.1, 0.15) is 18.9 Å². The van der Waals surface area contributed by atoms with Gasteiger partial charge < -0.3 is 9.88 Å². The second-order valence-corrected chi connectivity index (χ2v) is 8.42. The van der Waals surface area contributed by atoms with Crippen molar-refractivity contribution in [2.45, 2.75) is 18.9 Å². The van der Waals surface area contributed by atoms with Crippen molar-refractivity contribution in [1.29, 1.82) is 0 Å². The Labute approximate surface area is 185 Å². The van der Waals surface area contributed by atoms with Gasteiger partial charge in [-0.3, -0.25) is 0 Å². The molecular formula is C27H23FN4. The summed E-state index contributed by atoms with van der Waals surface area (Å²) in [5.41, 5.74) is 4.84. The predicted molar refractivity (Wildman–Crippen MR) is 127 cm³/mol. The summed E-state index contributed by atoms with van der Waals surface area (Å²) < 4.78 is 15.8. The van der Waals surface area contributed by atoms with Crippen LogP contribution in [0, 0.1) is 5.82 Å². The molecule has 1 aliphatic rings. The molecule has 0 bridgehead atoms. The van der Waals surface area contributed by atoms with Crippen LogP contribution in [0.3, 0.4) is 0 Å². The van der Waals surface area contributed by atoms with Crippen molar-refractivity contribution >= 4 is 21.9 Å². The van der Waals surface area contributed by atoms with Gasteiger partial charge in [0.1, 0.15) is 17.2 Å². The number of hydrogen-bond donors (Lipinski definition) is 1. The Morgan fingerprint density at radius 3 is 2.38 bits per heavy atom. The minimum Gasteiger partial charge on any atom is -0.317 e. The van der Waals surface area contributed by atoms with Crippen LogP contribution in [0.4, 0.5) is 4.39 Å². The molecule has 0 atom stereocenters. The van der Waals surface area contributed by atoms with E-state index in [1.807, 2.05) is 6.20 Å². The summed E-state index contributed by atoms with van der Waals surface area (Å²) in [4.78, 5) is 9.88. The van der Waals surface area contributed by atoms with Gasteiger partial charge in [-0.05, 0) is 78.7 Å². The zero-order chi connectivity index (χ0) is 21.5. The molecule has 4 nitrogen and oxygen atoms in total. The molecule has 0 saturated carbocycles.